The quantitative estimate of drug-likeness (QED) is 0.0563. The van der Waals surface area contributed by atoms with Crippen LogP contribution in [0.2, 0.25) is 0 Å². The predicted molar refractivity (Wildman–Crippen MR) is 167 cm³/mol. The molecule has 0 saturated carbocycles. The molecular formula is C32H68Cl2O2Ti. The summed E-state index contributed by atoms with van der Waals surface area (Å²) in [4.78, 5) is 0. The van der Waals surface area contributed by atoms with E-state index < -0.39 is 19.9 Å². The minimum atomic E-state index is -0.594. The predicted octanol–water partition coefficient (Wildman–Crippen LogP) is 12.7. The van der Waals surface area contributed by atoms with Gasteiger partial charge >= 0.3 is 168 Å². The Balaban J connectivity index is -0.00000578. The molecule has 0 spiro atoms. The van der Waals surface area contributed by atoms with E-state index in [2.05, 4.69) is 13.8 Å². The van der Waals surface area contributed by atoms with Crippen LogP contribution in [0.25, 0.3) is 0 Å². The molecule has 0 saturated heterocycles. The molecule has 0 aliphatic heterocycles. The Kier molecular flexibility index (Phi) is 48.1. The van der Waals surface area contributed by atoms with Crippen molar-refractivity contribution >= 4 is 24.8 Å². The van der Waals surface area contributed by atoms with Crippen LogP contribution in [0.1, 0.15) is 194 Å². The third-order valence-corrected chi connectivity index (χ3v) is 8.32. The van der Waals surface area contributed by atoms with Crippen LogP contribution < -0.4 is 0 Å². The zero-order valence-corrected chi connectivity index (χ0v) is 28.5. The van der Waals surface area contributed by atoms with Crippen molar-refractivity contribution < 1.29 is 26.6 Å². The third-order valence-electron chi connectivity index (χ3n) is 7.32. The number of halogens is 2. The maximum atomic E-state index is 5.76. The molecule has 0 unspecified atom stereocenters. The van der Waals surface area contributed by atoms with E-state index in [0.717, 1.165) is 13.2 Å². The van der Waals surface area contributed by atoms with Crippen molar-refractivity contribution in [2.75, 3.05) is 13.2 Å². The summed E-state index contributed by atoms with van der Waals surface area (Å²) in [5.41, 5.74) is 0. The van der Waals surface area contributed by atoms with Gasteiger partial charge in [-0.15, -0.1) is 24.8 Å². The molecule has 0 aromatic carbocycles. The fourth-order valence-electron chi connectivity index (χ4n) is 4.86. The van der Waals surface area contributed by atoms with Crippen LogP contribution >= 0.6 is 24.8 Å². The van der Waals surface area contributed by atoms with Crippen LogP contribution in [0.15, 0.2) is 0 Å². The topological polar surface area (TPSA) is 18.5 Å². The molecule has 37 heavy (non-hydrogen) atoms. The van der Waals surface area contributed by atoms with Crippen LogP contribution in [-0.4, -0.2) is 13.2 Å². The summed E-state index contributed by atoms with van der Waals surface area (Å²) in [6.07, 6.45) is 39.6. The van der Waals surface area contributed by atoms with E-state index in [4.69, 9.17) is 6.64 Å². The Labute approximate surface area is 257 Å². The SMILES string of the molecule is CCCCCCCCCCCCCCCC[O][Ti][O]CCCCCCCCCCCCCCCC.Cl.Cl. The minimum Gasteiger partial charge on any atom is -0.147 e. The second-order valence-electron chi connectivity index (χ2n) is 11.0. The van der Waals surface area contributed by atoms with Gasteiger partial charge in [0.2, 0.25) is 0 Å². The Morgan fingerprint density at radius 3 is 0.703 bits per heavy atom. The molecule has 2 nitrogen and oxygen atoms in total. The summed E-state index contributed by atoms with van der Waals surface area (Å²) >= 11 is -0.594. The molecule has 0 amide bonds. The molecule has 0 aliphatic rings. The van der Waals surface area contributed by atoms with Crippen molar-refractivity contribution in [3.63, 3.8) is 0 Å². The van der Waals surface area contributed by atoms with Gasteiger partial charge in [-0.2, -0.15) is 0 Å². The summed E-state index contributed by atoms with van der Waals surface area (Å²) in [7, 11) is 0. The van der Waals surface area contributed by atoms with Crippen molar-refractivity contribution in [2.24, 2.45) is 0 Å². The van der Waals surface area contributed by atoms with E-state index in [1.807, 2.05) is 0 Å². The number of rotatable bonds is 32. The van der Waals surface area contributed by atoms with Gasteiger partial charge in [-0.3, -0.25) is 0 Å². The number of hydrogen-bond acceptors (Lipinski definition) is 2. The summed E-state index contributed by atoms with van der Waals surface area (Å²) < 4.78 is 11.5. The van der Waals surface area contributed by atoms with Gasteiger partial charge in [0.15, 0.2) is 0 Å². The first-order chi connectivity index (χ1) is 17.4. The molecule has 0 rings (SSSR count). The maximum absolute atomic E-state index is 5.76. The molecule has 0 bridgehead atoms. The van der Waals surface area contributed by atoms with Gasteiger partial charge in [-0.25, -0.2) is 0 Å². The average molecular weight is 604 g/mol. The summed E-state index contributed by atoms with van der Waals surface area (Å²) in [5, 5.41) is 0. The fourth-order valence-corrected chi connectivity index (χ4v) is 5.70. The van der Waals surface area contributed by atoms with Crippen LogP contribution in [0.4, 0.5) is 0 Å². The first kappa shape index (κ1) is 42.7. The smallest absolute Gasteiger partial charge is 0.147 e. The zero-order chi connectivity index (χ0) is 25.3. The normalized spacial score (nSPS) is 10.8. The van der Waals surface area contributed by atoms with Crippen molar-refractivity contribution in [1.82, 2.24) is 0 Å². The van der Waals surface area contributed by atoms with Gasteiger partial charge in [-0.1, -0.05) is 65.2 Å². The molecule has 0 N–H and O–H groups in total. The van der Waals surface area contributed by atoms with Crippen LogP contribution in [-0.2, 0) is 26.6 Å². The molecule has 0 aliphatic carbocycles. The number of unbranched alkanes of at least 4 members (excludes halogenated alkanes) is 26. The van der Waals surface area contributed by atoms with Gasteiger partial charge in [0, 0.05) is 0 Å². The van der Waals surface area contributed by atoms with Gasteiger partial charge in [-0.05, 0) is 0 Å². The van der Waals surface area contributed by atoms with Gasteiger partial charge in [0.05, 0.1) is 0 Å². The first-order valence-electron chi connectivity index (χ1n) is 16.4. The van der Waals surface area contributed by atoms with Crippen LogP contribution in [0.3, 0.4) is 0 Å². The molecule has 0 radical (unpaired) electrons. The molecule has 0 aromatic heterocycles. The van der Waals surface area contributed by atoms with Gasteiger partial charge in [0.25, 0.3) is 0 Å². The van der Waals surface area contributed by atoms with E-state index >= 15 is 0 Å². The summed E-state index contributed by atoms with van der Waals surface area (Å²) in [6, 6.07) is 0. The average Bonchev–Trinajstić information content (AvgIpc) is 2.87. The molecular weight excluding hydrogens is 535 g/mol. The van der Waals surface area contributed by atoms with Crippen molar-refractivity contribution in [1.29, 1.82) is 0 Å². The minimum absolute atomic E-state index is 0. The molecule has 0 heterocycles. The summed E-state index contributed by atoms with van der Waals surface area (Å²) in [5.74, 6) is 0. The second kappa shape index (κ2) is 41.7. The molecule has 0 aromatic rings. The number of hydrogen-bond donors (Lipinski definition) is 0. The Morgan fingerprint density at radius 2 is 0.486 bits per heavy atom. The van der Waals surface area contributed by atoms with Gasteiger partial charge in [0.1, 0.15) is 0 Å². The second-order valence-corrected chi connectivity index (χ2v) is 12.1. The standard InChI is InChI=1S/2C16H33O.2ClH.Ti/c2*1-2-3-4-5-6-7-8-9-10-11-12-13-14-15-16-17;;;/h2*2-16H2,1H3;2*1H;/q2*-1;;;+2. The Bertz CT molecular complexity index is 330. The first-order valence-corrected chi connectivity index (χ1v) is 17.7. The van der Waals surface area contributed by atoms with Crippen LogP contribution in [0, 0.1) is 0 Å². The van der Waals surface area contributed by atoms with Crippen LogP contribution in [0.5, 0.6) is 0 Å². The van der Waals surface area contributed by atoms with Crippen molar-refractivity contribution in [3.8, 4) is 0 Å². The van der Waals surface area contributed by atoms with E-state index in [9.17, 15) is 0 Å². The third kappa shape index (κ3) is 41.8. The Hall–Kier alpha value is 1.21. The van der Waals surface area contributed by atoms with Gasteiger partial charge < -0.3 is 0 Å². The fraction of sp³-hybridized carbons (Fsp3) is 1.00. The molecule has 0 atom stereocenters. The van der Waals surface area contributed by atoms with E-state index in [1.165, 1.54) is 180 Å². The molecule has 226 valence electrons. The monoisotopic (exact) mass is 602 g/mol. The van der Waals surface area contributed by atoms with E-state index in [-0.39, 0.29) is 24.8 Å². The Morgan fingerprint density at radius 1 is 0.297 bits per heavy atom. The molecule has 5 heteroatoms. The zero-order valence-electron chi connectivity index (χ0n) is 25.3. The van der Waals surface area contributed by atoms with Crippen molar-refractivity contribution in [3.05, 3.63) is 0 Å². The van der Waals surface area contributed by atoms with E-state index in [1.54, 1.807) is 0 Å². The van der Waals surface area contributed by atoms with E-state index in [0.29, 0.717) is 0 Å². The van der Waals surface area contributed by atoms with Crippen molar-refractivity contribution in [2.45, 2.75) is 194 Å². The summed E-state index contributed by atoms with van der Waals surface area (Å²) in [6.45, 7) is 6.45. The molecule has 0 fully saturated rings.